The summed E-state index contributed by atoms with van der Waals surface area (Å²) < 4.78 is 9.02. The average molecular weight is 382 g/mol. The van der Waals surface area contributed by atoms with Crippen LogP contribution in [0, 0.1) is 0 Å². The fourth-order valence-electron chi connectivity index (χ4n) is 1.57. The molecule has 26 heavy (non-hydrogen) atoms. The normalized spacial score (nSPS) is 15.4. The van der Waals surface area contributed by atoms with Crippen LogP contribution in [0.15, 0.2) is 0 Å². The van der Waals surface area contributed by atoms with Crippen LogP contribution in [0.2, 0.25) is 0 Å². The molecule has 0 radical (unpaired) electrons. The van der Waals surface area contributed by atoms with E-state index in [-0.39, 0.29) is 0 Å². The number of hydrogen-bond donors (Lipinski definition) is 6. The predicted octanol–water partition coefficient (Wildman–Crippen LogP) is -2.75. The summed E-state index contributed by atoms with van der Waals surface area (Å²) >= 11 is 0. The molecule has 12 nitrogen and oxygen atoms in total. The molecule has 0 amide bonds. The van der Waals surface area contributed by atoms with E-state index >= 15 is 0 Å². The van der Waals surface area contributed by atoms with E-state index in [2.05, 4.69) is 9.47 Å². The SMILES string of the molecule is O=C(O)CCC(=O)OC[C@@H](O)[C@@H](O)[C@H](O)[C@@H](O)COC(=O)CCC(=O)O. The zero-order valence-corrected chi connectivity index (χ0v) is 13.7. The van der Waals surface area contributed by atoms with Crippen LogP contribution in [0.5, 0.6) is 0 Å². The zero-order valence-electron chi connectivity index (χ0n) is 13.7. The Morgan fingerprint density at radius 1 is 0.615 bits per heavy atom. The molecule has 0 heterocycles. The number of carbonyl (C=O) groups excluding carboxylic acids is 2. The van der Waals surface area contributed by atoms with Crippen LogP contribution in [0.4, 0.5) is 0 Å². The largest absolute Gasteiger partial charge is 0.481 e. The van der Waals surface area contributed by atoms with Crippen molar-refractivity contribution in [3.8, 4) is 0 Å². The summed E-state index contributed by atoms with van der Waals surface area (Å²) in [6.07, 6.45) is -9.37. The molecule has 6 N–H and O–H groups in total. The van der Waals surface area contributed by atoms with Gasteiger partial charge >= 0.3 is 23.9 Å². The highest BCUT2D eigenvalue weighted by Crippen LogP contribution is 2.08. The van der Waals surface area contributed by atoms with Crippen molar-refractivity contribution in [3.05, 3.63) is 0 Å². The highest BCUT2D eigenvalue weighted by atomic mass is 16.5. The van der Waals surface area contributed by atoms with Crippen molar-refractivity contribution in [1.82, 2.24) is 0 Å². The summed E-state index contributed by atoms with van der Waals surface area (Å²) in [4.78, 5) is 42.9. The highest BCUT2D eigenvalue weighted by Gasteiger charge is 2.32. The van der Waals surface area contributed by atoms with Gasteiger partial charge in [-0.2, -0.15) is 0 Å². The number of aliphatic hydroxyl groups excluding tert-OH is 4. The van der Waals surface area contributed by atoms with Gasteiger partial charge in [0.05, 0.1) is 25.7 Å². The lowest BCUT2D eigenvalue weighted by atomic mass is 10.0. The second kappa shape index (κ2) is 12.1. The monoisotopic (exact) mass is 382 g/mol. The molecule has 0 saturated carbocycles. The van der Waals surface area contributed by atoms with Crippen molar-refractivity contribution in [3.63, 3.8) is 0 Å². The molecule has 0 bridgehead atoms. The zero-order chi connectivity index (χ0) is 20.3. The second-order valence-electron chi connectivity index (χ2n) is 5.27. The van der Waals surface area contributed by atoms with Crippen LogP contribution in [0.25, 0.3) is 0 Å². The third-order valence-electron chi connectivity index (χ3n) is 3.05. The van der Waals surface area contributed by atoms with Crippen LogP contribution < -0.4 is 0 Å². The third-order valence-corrected chi connectivity index (χ3v) is 3.05. The number of carboxylic acids is 2. The lowest BCUT2D eigenvalue weighted by molar-refractivity contribution is -0.163. The molecular formula is C14H22O12. The molecular weight excluding hydrogens is 360 g/mol. The van der Waals surface area contributed by atoms with Crippen molar-refractivity contribution < 1.29 is 59.3 Å². The number of hydrogen-bond acceptors (Lipinski definition) is 10. The van der Waals surface area contributed by atoms with Crippen LogP contribution in [0.1, 0.15) is 25.7 Å². The Bertz CT molecular complexity index is 446. The Labute approximate surface area is 147 Å². The maximum absolute atomic E-state index is 11.2. The number of rotatable bonds is 13. The van der Waals surface area contributed by atoms with E-state index in [0.29, 0.717) is 0 Å². The van der Waals surface area contributed by atoms with Crippen LogP contribution in [0.3, 0.4) is 0 Å². The van der Waals surface area contributed by atoms with Gasteiger partial charge < -0.3 is 40.1 Å². The molecule has 0 aromatic heterocycles. The number of esters is 2. The van der Waals surface area contributed by atoms with Crippen molar-refractivity contribution in [2.45, 2.75) is 50.1 Å². The molecule has 0 aliphatic heterocycles. The molecule has 0 saturated heterocycles. The minimum absolute atomic E-state index is 0.449. The Balaban J connectivity index is 4.22. The fourth-order valence-corrected chi connectivity index (χ4v) is 1.57. The van der Waals surface area contributed by atoms with Gasteiger partial charge in [-0.05, 0) is 0 Å². The summed E-state index contributed by atoms with van der Waals surface area (Å²) in [5.74, 6) is -4.33. The number of aliphatic hydroxyl groups is 4. The van der Waals surface area contributed by atoms with Gasteiger partial charge in [-0.3, -0.25) is 19.2 Å². The maximum atomic E-state index is 11.2. The first-order valence-corrected chi connectivity index (χ1v) is 7.51. The molecule has 12 heteroatoms. The van der Waals surface area contributed by atoms with Crippen LogP contribution in [-0.4, -0.2) is 92.1 Å². The van der Waals surface area contributed by atoms with Crippen molar-refractivity contribution >= 4 is 23.9 Å². The Hall–Kier alpha value is -2.28. The van der Waals surface area contributed by atoms with Crippen LogP contribution >= 0.6 is 0 Å². The maximum Gasteiger partial charge on any atom is 0.306 e. The Kier molecular flexibility index (Phi) is 11.1. The van der Waals surface area contributed by atoms with E-state index in [4.69, 9.17) is 10.2 Å². The minimum atomic E-state index is -1.96. The first kappa shape index (κ1) is 23.7. The van der Waals surface area contributed by atoms with E-state index in [0.717, 1.165) is 0 Å². The molecule has 0 fully saturated rings. The Morgan fingerprint density at radius 2 is 0.923 bits per heavy atom. The molecule has 0 aliphatic carbocycles. The van der Waals surface area contributed by atoms with Gasteiger partial charge in [0.1, 0.15) is 37.6 Å². The molecule has 0 spiro atoms. The van der Waals surface area contributed by atoms with E-state index < -0.39 is 87.2 Å². The molecule has 0 aromatic rings. The van der Waals surface area contributed by atoms with Crippen molar-refractivity contribution in [2.24, 2.45) is 0 Å². The van der Waals surface area contributed by atoms with Crippen molar-refractivity contribution in [2.75, 3.05) is 13.2 Å². The first-order valence-electron chi connectivity index (χ1n) is 7.51. The molecule has 4 atom stereocenters. The molecule has 0 aromatic carbocycles. The van der Waals surface area contributed by atoms with Gasteiger partial charge in [0.15, 0.2) is 0 Å². The molecule has 150 valence electrons. The number of carbonyl (C=O) groups is 4. The van der Waals surface area contributed by atoms with E-state index in [1.54, 1.807) is 0 Å². The van der Waals surface area contributed by atoms with Gasteiger partial charge in [0, 0.05) is 0 Å². The summed E-state index contributed by atoms with van der Waals surface area (Å²) in [6.45, 7) is -1.52. The first-order chi connectivity index (χ1) is 12.0. The molecule has 0 rings (SSSR count). The topological polar surface area (TPSA) is 208 Å². The number of aliphatic carboxylic acids is 2. The smallest absolute Gasteiger partial charge is 0.306 e. The summed E-state index contributed by atoms with van der Waals surface area (Å²) in [6, 6.07) is 0. The van der Waals surface area contributed by atoms with Crippen molar-refractivity contribution in [1.29, 1.82) is 0 Å². The van der Waals surface area contributed by atoms with Crippen LogP contribution in [-0.2, 0) is 28.7 Å². The Morgan fingerprint density at radius 3 is 1.19 bits per heavy atom. The van der Waals surface area contributed by atoms with Gasteiger partial charge in [-0.25, -0.2) is 0 Å². The average Bonchev–Trinajstić information content (AvgIpc) is 2.58. The van der Waals surface area contributed by atoms with Gasteiger partial charge in [0.2, 0.25) is 0 Å². The highest BCUT2D eigenvalue weighted by molar-refractivity contribution is 5.77. The van der Waals surface area contributed by atoms with Gasteiger partial charge in [0.25, 0.3) is 0 Å². The number of carboxylic acid groups (broad SMARTS) is 2. The lowest BCUT2D eigenvalue weighted by Crippen LogP contribution is -2.48. The predicted molar refractivity (Wildman–Crippen MR) is 79.7 cm³/mol. The molecule has 0 unspecified atom stereocenters. The second-order valence-corrected chi connectivity index (χ2v) is 5.27. The van der Waals surface area contributed by atoms with Gasteiger partial charge in [-0.15, -0.1) is 0 Å². The summed E-state index contributed by atoms with van der Waals surface area (Å²) in [7, 11) is 0. The third kappa shape index (κ3) is 10.6. The molecule has 0 aliphatic rings. The minimum Gasteiger partial charge on any atom is -0.481 e. The van der Waals surface area contributed by atoms with E-state index in [1.165, 1.54) is 0 Å². The van der Waals surface area contributed by atoms with Gasteiger partial charge in [-0.1, -0.05) is 0 Å². The summed E-state index contributed by atoms with van der Waals surface area (Å²) in [5.41, 5.74) is 0. The van der Waals surface area contributed by atoms with E-state index in [1.807, 2.05) is 0 Å². The van der Waals surface area contributed by atoms with E-state index in [9.17, 15) is 39.6 Å². The summed E-state index contributed by atoms with van der Waals surface area (Å²) in [5, 5.41) is 55.3. The lowest BCUT2D eigenvalue weighted by Gasteiger charge is -2.26. The number of ether oxygens (including phenoxy) is 2. The fraction of sp³-hybridized carbons (Fsp3) is 0.714. The quantitative estimate of drug-likeness (QED) is 0.179. The standard InChI is InChI=1S/C14H22O12/c15-7(5-25-11(21)3-1-9(17)18)13(23)14(24)8(16)6-26-12(22)4-2-10(19)20/h7-8,13-16,23-24H,1-6H2,(H,17,18)(H,19,20)/t7-,8+,13-,14-/m1/s1.